The highest BCUT2D eigenvalue weighted by atomic mass is 16.5. The van der Waals surface area contributed by atoms with Crippen LogP contribution in [0, 0.1) is 5.92 Å². The highest BCUT2D eigenvalue weighted by Gasteiger charge is 2.23. The second-order valence-electron chi connectivity index (χ2n) is 7.68. The second-order valence-corrected chi connectivity index (χ2v) is 7.68. The number of anilines is 1. The Morgan fingerprint density at radius 1 is 1.10 bits per heavy atom. The molecule has 3 heterocycles. The molecule has 0 saturated heterocycles. The Labute approximate surface area is 175 Å². The number of nitrogens with one attached hydrogen (secondary N) is 1. The van der Waals surface area contributed by atoms with Crippen LogP contribution in [-0.2, 0) is 13.0 Å². The maximum Gasteiger partial charge on any atom is 0.157 e. The van der Waals surface area contributed by atoms with Crippen LogP contribution in [0.3, 0.4) is 0 Å². The fourth-order valence-corrected chi connectivity index (χ4v) is 3.64. The third-order valence-corrected chi connectivity index (χ3v) is 5.46. The van der Waals surface area contributed by atoms with Crippen molar-refractivity contribution in [1.29, 1.82) is 0 Å². The van der Waals surface area contributed by atoms with Gasteiger partial charge >= 0.3 is 0 Å². The summed E-state index contributed by atoms with van der Waals surface area (Å²) in [7, 11) is 1.70. The molecular weight excluding hydrogens is 376 g/mol. The van der Waals surface area contributed by atoms with Gasteiger partial charge in [0.05, 0.1) is 19.0 Å². The lowest BCUT2D eigenvalue weighted by Crippen LogP contribution is -2.07. The zero-order valence-corrected chi connectivity index (χ0v) is 17.0. The van der Waals surface area contributed by atoms with Gasteiger partial charge in [-0.1, -0.05) is 18.2 Å². The van der Waals surface area contributed by atoms with Crippen molar-refractivity contribution >= 4 is 16.9 Å². The van der Waals surface area contributed by atoms with Crippen LogP contribution in [0.15, 0.2) is 55.1 Å². The van der Waals surface area contributed by atoms with Gasteiger partial charge in [-0.15, -0.1) is 0 Å². The monoisotopic (exact) mass is 400 g/mol. The van der Waals surface area contributed by atoms with Crippen LogP contribution in [-0.4, -0.2) is 38.4 Å². The molecule has 7 nitrogen and oxygen atoms in total. The summed E-state index contributed by atoms with van der Waals surface area (Å²) in [4.78, 5) is 13.4. The van der Waals surface area contributed by atoms with Gasteiger partial charge in [0.15, 0.2) is 5.65 Å². The minimum Gasteiger partial charge on any atom is -0.496 e. The average Bonchev–Trinajstić information content (AvgIpc) is 3.52. The number of hydrogen-bond donors (Lipinski definition) is 1. The zero-order valence-electron chi connectivity index (χ0n) is 17.0. The Bertz CT molecular complexity index is 1170. The maximum atomic E-state index is 5.42. The van der Waals surface area contributed by atoms with Gasteiger partial charge in [0.1, 0.15) is 17.9 Å². The minimum absolute atomic E-state index is 0.752. The predicted molar refractivity (Wildman–Crippen MR) is 116 cm³/mol. The SMILES string of the molecule is COc1ccccc1CCNc1cc(-c2cnc3c(cnn3CC3CC3)c2)ncn1. The van der Waals surface area contributed by atoms with E-state index in [2.05, 4.69) is 37.5 Å². The van der Waals surface area contributed by atoms with Gasteiger partial charge < -0.3 is 10.1 Å². The molecule has 1 fully saturated rings. The number of benzene rings is 1. The number of aromatic nitrogens is 5. The molecule has 152 valence electrons. The Morgan fingerprint density at radius 2 is 2.00 bits per heavy atom. The first kappa shape index (κ1) is 18.5. The average molecular weight is 400 g/mol. The van der Waals surface area contributed by atoms with E-state index in [1.54, 1.807) is 13.4 Å². The summed E-state index contributed by atoms with van der Waals surface area (Å²) in [6.07, 6.45) is 8.79. The first-order chi connectivity index (χ1) is 14.8. The third kappa shape index (κ3) is 3.96. The third-order valence-electron chi connectivity index (χ3n) is 5.46. The summed E-state index contributed by atoms with van der Waals surface area (Å²) in [5.74, 6) is 2.46. The standard InChI is InChI=1S/C23H24N6O/c1-30-21-5-3-2-4-17(21)8-9-24-22-11-20(26-15-27-22)18-10-19-13-28-29(14-16-6-7-16)23(19)25-12-18/h2-5,10-13,15-16H,6-9,14H2,1H3,(H,24,26,27). The normalized spacial score (nSPS) is 13.5. The summed E-state index contributed by atoms with van der Waals surface area (Å²) in [5.41, 5.74) is 3.91. The van der Waals surface area contributed by atoms with E-state index in [-0.39, 0.29) is 0 Å². The lowest BCUT2D eigenvalue weighted by atomic mass is 10.1. The summed E-state index contributed by atoms with van der Waals surface area (Å²) in [5, 5.41) is 8.93. The van der Waals surface area contributed by atoms with E-state index in [0.29, 0.717) is 0 Å². The number of pyridine rings is 1. The molecule has 0 radical (unpaired) electrons. The molecule has 4 aromatic rings. The van der Waals surface area contributed by atoms with Crippen molar-refractivity contribution in [1.82, 2.24) is 24.7 Å². The molecular formula is C23H24N6O. The molecule has 1 saturated carbocycles. The number of methoxy groups -OCH3 is 1. The van der Waals surface area contributed by atoms with E-state index >= 15 is 0 Å². The molecule has 1 aliphatic rings. The zero-order chi connectivity index (χ0) is 20.3. The van der Waals surface area contributed by atoms with Crippen molar-refractivity contribution in [2.24, 2.45) is 5.92 Å². The summed E-state index contributed by atoms with van der Waals surface area (Å²) >= 11 is 0. The number of fused-ring (bicyclic) bond motifs is 1. The van der Waals surface area contributed by atoms with E-state index < -0.39 is 0 Å². The quantitative estimate of drug-likeness (QED) is 0.482. The predicted octanol–water partition coefficient (Wildman–Crippen LogP) is 3.96. The van der Waals surface area contributed by atoms with Gasteiger partial charge in [0, 0.05) is 36.3 Å². The van der Waals surface area contributed by atoms with Crippen molar-refractivity contribution in [2.45, 2.75) is 25.8 Å². The van der Waals surface area contributed by atoms with E-state index in [9.17, 15) is 0 Å². The largest absolute Gasteiger partial charge is 0.496 e. The first-order valence-corrected chi connectivity index (χ1v) is 10.3. The van der Waals surface area contributed by atoms with E-state index in [1.807, 2.05) is 41.3 Å². The molecule has 0 unspecified atom stereocenters. The molecule has 30 heavy (non-hydrogen) atoms. The number of para-hydroxylation sites is 1. The fraction of sp³-hybridized carbons (Fsp3) is 0.304. The van der Waals surface area contributed by atoms with E-state index in [4.69, 9.17) is 4.74 Å². The second kappa shape index (κ2) is 8.10. The minimum atomic E-state index is 0.752. The number of ether oxygens (including phenoxy) is 1. The number of hydrogen-bond acceptors (Lipinski definition) is 6. The number of rotatable bonds is 8. The highest BCUT2D eigenvalue weighted by molar-refractivity contribution is 5.80. The number of nitrogens with zero attached hydrogens (tertiary/aromatic N) is 5. The molecule has 1 N–H and O–H groups in total. The Kier molecular flexibility index (Phi) is 5.01. The van der Waals surface area contributed by atoms with Gasteiger partial charge in [-0.05, 0) is 42.9 Å². The highest BCUT2D eigenvalue weighted by Crippen LogP contribution is 2.31. The summed E-state index contributed by atoms with van der Waals surface area (Å²) < 4.78 is 7.43. The smallest absolute Gasteiger partial charge is 0.157 e. The van der Waals surface area contributed by atoms with Crippen molar-refractivity contribution < 1.29 is 4.74 Å². The van der Waals surface area contributed by atoms with Crippen LogP contribution in [0.1, 0.15) is 18.4 Å². The van der Waals surface area contributed by atoms with Gasteiger partial charge in [-0.2, -0.15) is 5.10 Å². The van der Waals surface area contributed by atoms with Crippen molar-refractivity contribution in [2.75, 3.05) is 19.0 Å². The van der Waals surface area contributed by atoms with Crippen molar-refractivity contribution in [3.05, 3.63) is 60.7 Å². The molecule has 0 atom stereocenters. The molecule has 1 aliphatic carbocycles. The molecule has 1 aromatic carbocycles. The molecule has 0 spiro atoms. The topological polar surface area (TPSA) is 77.8 Å². The van der Waals surface area contributed by atoms with Crippen LogP contribution in [0.5, 0.6) is 5.75 Å². The molecule has 7 heteroatoms. The van der Waals surface area contributed by atoms with Gasteiger partial charge in [0.2, 0.25) is 0 Å². The van der Waals surface area contributed by atoms with Crippen LogP contribution in [0.4, 0.5) is 5.82 Å². The van der Waals surface area contributed by atoms with E-state index in [1.165, 1.54) is 18.4 Å². The van der Waals surface area contributed by atoms with Crippen LogP contribution in [0.2, 0.25) is 0 Å². The van der Waals surface area contributed by atoms with E-state index in [0.717, 1.165) is 59.3 Å². The van der Waals surface area contributed by atoms with Gasteiger partial charge in [-0.25, -0.2) is 19.6 Å². The lowest BCUT2D eigenvalue weighted by molar-refractivity contribution is 0.410. The summed E-state index contributed by atoms with van der Waals surface area (Å²) in [6.45, 7) is 1.71. The van der Waals surface area contributed by atoms with Crippen LogP contribution in [0.25, 0.3) is 22.3 Å². The van der Waals surface area contributed by atoms with Gasteiger partial charge in [0.25, 0.3) is 0 Å². The molecule has 0 aliphatic heterocycles. The fourth-order valence-electron chi connectivity index (χ4n) is 3.64. The van der Waals surface area contributed by atoms with Crippen molar-refractivity contribution in [3.63, 3.8) is 0 Å². The summed E-state index contributed by atoms with van der Waals surface area (Å²) in [6, 6.07) is 12.1. The maximum absolute atomic E-state index is 5.42. The Balaban J connectivity index is 1.29. The molecule has 5 rings (SSSR count). The van der Waals surface area contributed by atoms with Gasteiger partial charge in [-0.3, -0.25) is 0 Å². The lowest BCUT2D eigenvalue weighted by Gasteiger charge is -2.10. The first-order valence-electron chi connectivity index (χ1n) is 10.3. The Morgan fingerprint density at radius 3 is 2.87 bits per heavy atom. The van der Waals surface area contributed by atoms with Crippen LogP contribution >= 0.6 is 0 Å². The molecule has 3 aromatic heterocycles. The molecule has 0 amide bonds. The van der Waals surface area contributed by atoms with Crippen molar-refractivity contribution in [3.8, 4) is 17.0 Å². The molecule has 0 bridgehead atoms. The Hall–Kier alpha value is -3.48. The van der Waals surface area contributed by atoms with Crippen LogP contribution < -0.4 is 10.1 Å².